The van der Waals surface area contributed by atoms with Gasteiger partial charge in [-0.1, -0.05) is 66.4 Å². The number of sulfonamides is 1. The number of nitrogens with zero attached hydrogens (tertiary/aromatic N) is 3. The molecule has 182 valence electrons. The van der Waals surface area contributed by atoms with Crippen LogP contribution in [0.2, 0.25) is 0 Å². The summed E-state index contributed by atoms with van der Waals surface area (Å²) in [5.41, 5.74) is 3.20. The molecule has 0 saturated heterocycles. The number of benzene rings is 3. The Balaban J connectivity index is 1.39. The van der Waals surface area contributed by atoms with Crippen LogP contribution in [0.3, 0.4) is 0 Å². The second kappa shape index (κ2) is 9.71. The van der Waals surface area contributed by atoms with Gasteiger partial charge in [0.2, 0.25) is 5.91 Å². The molecule has 0 bridgehead atoms. The Morgan fingerprint density at radius 1 is 1.06 bits per heavy atom. The number of hydrogen-bond donors (Lipinski definition) is 1. The maximum Gasteiger partial charge on any atom is 0.268 e. The van der Waals surface area contributed by atoms with E-state index in [4.69, 9.17) is 0 Å². The molecule has 1 N–H and O–H groups in total. The highest BCUT2D eigenvalue weighted by atomic mass is 32.2. The van der Waals surface area contributed by atoms with Crippen molar-refractivity contribution in [2.75, 3.05) is 15.4 Å². The van der Waals surface area contributed by atoms with Gasteiger partial charge in [-0.25, -0.2) is 22.8 Å². The second-order valence-corrected chi connectivity index (χ2v) is 11.0. The molecule has 0 unspecified atom stereocenters. The Bertz CT molecular complexity index is 1560. The van der Waals surface area contributed by atoms with Gasteiger partial charge in [0.05, 0.1) is 29.9 Å². The Hall–Kier alpha value is -3.76. The van der Waals surface area contributed by atoms with Crippen LogP contribution in [0.1, 0.15) is 11.1 Å². The largest absolute Gasteiger partial charge is 0.325 e. The number of aryl methyl sites for hydroxylation is 1. The Morgan fingerprint density at radius 3 is 2.58 bits per heavy atom. The molecule has 5 rings (SSSR count). The van der Waals surface area contributed by atoms with Gasteiger partial charge in [-0.2, -0.15) is 0 Å². The highest BCUT2D eigenvalue weighted by molar-refractivity contribution is 7.99. The number of fused-ring (bicyclic) bond motifs is 3. The van der Waals surface area contributed by atoms with Crippen LogP contribution in [0.5, 0.6) is 0 Å². The summed E-state index contributed by atoms with van der Waals surface area (Å²) in [5.74, 6) is -0.783. The third-order valence-corrected chi connectivity index (χ3v) is 8.31. The van der Waals surface area contributed by atoms with Gasteiger partial charge in [-0.15, -0.1) is 0 Å². The highest BCUT2D eigenvalue weighted by Crippen LogP contribution is 2.42. The number of thioether (sulfide) groups is 1. The highest BCUT2D eigenvalue weighted by Gasteiger charge is 2.36. The fraction of sp³-hybridized carbons (Fsp3) is 0.115. The van der Waals surface area contributed by atoms with Crippen LogP contribution in [0.15, 0.2) is 89.0 Å². The third-order valence-electron chi connectivity index (χ3n) is 5.69. The van der Waals surface area contributed by atoms with Crippen molar-refractivity contribution in [2.24, 2.45) is 0 Å². The predicted octanol–water partition coefficient (Wildman–Crippen LogP) is 5.03. The number of rotatable bonds is 6. The maximum absolute atomic E-state index is 13.7. The van der Waals surface area contributed by atoms with Gasteiger partial charge in [0.1, 0.15) is 10.7 Å². The van der Waals surface area contributed by atoms with E-state index in [1.54, 1.807) is 31.2 Å². The van der Waals surface area contributed by atoms with Crippen LogP contribution in [0.4, 0.5) is 15.8 Å². The summed E-state index contributed by atoms with van der Waals surface area (Å²) in [6, 6.07) is 21.0. The van der Waals surface area contributed by atoms with E-state index in [2.05, 4.69) is 15.3 Å². The van der Waals surface area contributed by atoms with Gasteiger partial charge in [0.15, 0.2) is 5.16 Å². The molecule has 0 spiro atoms. The molecule has 4 aromatic rings. The minimum atomic E-state index is -3.91. The van der Waals surface area contributed by atoms with Gasteiger partial charge in [-0.3, -0.25) is 9.10 Å². The molecule has 1 amide bonds. The van der Waals surface area contributed by atoms with Crippen molar-refractivity contribution in [3.8, 4) is 11.3 Å². The third kappa shape index (κ3) is 4.69. The van der Waals surface area contributed by atoms with E-state index in [1.807, 2.05) is 42.5 Å². The van der Waals surface area contributed by atoms with Crippen molar-refractivity contribution in [3.05, 3.63) is 95.9 Å². The lowest BCUT2D eigenvalue weighted by Crippen LogP contribution is -2.34. The Labute approximate surface area is 212 Å². The smallest absolute Gasteiger partial charge is 0.268 e. The monoisotopic (exact) mass is 520 g/mol. The number of halogens is 1. The molecule has 0 fully saturated rings. The number of carbonyl (C=O) groups is 1. The summed E-state index contributed by atoms with van der Waals surface area (Å²) in [6.45, 7) is 1.82. The first-order valence-corrected chi connectivity index (χ1v) is 13.5. The summed E-state index contributed by atoms with van der Waals surface area (Å²) in [5, 5.41) is 2.91. The van der Waals surface area contributed by atoms with Crippen molar-refractivity contribution in [1.82, 2.24) is 9.97 Å². The van der Waals surface area contributed by atoms with Crippen molar-refractivity contribution in [3.63, 3.8) is 0 Å². The molecule has 0 atom stereocenters. The van der Waals surface area contributed by atoms with Crippen molar-refractivity contribution < 1.29 is 17.6 Å². The second-order valence-electron chi connectivity index (χ2n) is 8.18. The van der Waals surface area contributed by atoms with E-state index in [0.29, 0.717) is 28.2 Å². The summed E-state index contributed by atoms with van der Waals surface area (Å²) in [4.78, 5) is 21.1. The number of carbonyl (C=O) groups excluding carboxylic acids is 1. The molecule has 1 aliphatic heterocycles. The molecule has 3 aromatic carbocycles. The summed E-state index contributed by atoms with van der Waals surface area (Å²) >= 11 is 1.07. The summed E-state index contributed by atoms with van der Waals surface area (Å²) in [6.07, 6.45) is 1.29. The first-order valence-electron chi connectivity index (χ1n) is 11.0. The van der Waals surface area contributed by atoms with Crippen molar-refractivity contribution in [2.45, 2.75) is 23.5 Å². The van der Waals surface area contributed by atoms with Gasteiger partial charge in [-0.05, 0) is 36.2 Å². The lowest BCUT2D eigenvalue weighted by Gasteiger charge is -2.31. The lowest BCUT2D eigenvalue weighted by molar-refractivity contribution is -0.113. The van der Waals surface area contributed by atoms with Gasteiger partial charge in [0, 0.05) is 11.3 Å². The average molecular weight is 521 g/mol. The lowest BCUT2D eigenvalue weighted by atomic mass is 10.1. The Morgan fingerprint density at radius 2 is 1.81 bits per heavy atom. The molecule has 2 heterocycles. The number of nitrogens with one attached hydrogen (secondary N) is 1. The standard InChI is InChI=1S/C26H21FN4O3S2/c1-17-11-12-19(13-21(17)27)29-24(32)16-35-26-28-14-23-25(30-26)20-9-5-6-10-22(20)31(36(23,33)34)15-18-7-3-2-4-8-18/h2-14H,15-16H2,1H3,(H,29,32). The molecule has 7 nitrogen and oxygen atoms in total. The van der Waals surface area contributed by atoms with E-state index in [0.717, 1.165) is 17.3 Å². The number of para-hydroxylation sites is 1. The van der Waals surface area contributed by atoms with Gasteiger partial charge in [0.25, 0.3) is 10.0 Å². The molecular weight excluding hydrogens is 499 g/mol. The topological polar surface area (TPSA) is 92.3 Å². The Kier molecular flexibility index (Phi) is 6.46. The van der Waals surface area contributed by atoms with E-state index in [-0.39, 0.29) is 28.3 Å². The van der Waals surface area contributed by atoms with Crippen LogP contribution >= 0.6 is 11.8 Å². The zero-order valence-electron chi connectivity index (χ0n) is 19.2. The van der Waals surface area contributed by atoms with Crippen molar-refractivity contribution >= 4 is 39.1 Å². The molecule has 0 saturated carbocycles. The molecule has 1 aromatic heterocycles. The number of anilines is 2. The molecule has 36 heavy (non-hydrogen) atoms. The average Bonchev–Trinajstić information content (AvgIpc) is 2.88. The zero-order valence-corrected chi connectivity index (χ0v) is 20.8. The summed E-state index contributed by atoms with van der Waals surface area (Å²) < 4.78 is 42.2. The van der Waals surface area contributed by atoms with Crippen LogP contribution in [-0.2, 0) is 21.4 Å². The molecule has 0 aliphatic carbocycles. The molecular formula is C26H21FN4O3S2. The van der Waals surface area contributed by atoms with Gasteiger partial charge < -0.3 is 5.32 Å². The first-order chi connectivity index (χ1) is 17.3. The predicted molar refractivity (Wildman–Crippen MR) is 138 cm³/mol. The molecule has 10 heteroatoms. The zero-order chi connectivity index (χ0) is 25.3. The SMILES string of the molecule is Cc1ccc(NC(=O)CSc2ncc3c(n2)-c2ccccc2N(Cc2ccccc2)S3(=O)=O)cc1F. The minimum Gasteiger partial charge on any atom is -0.325 e. The van der Waals surface area contributed by atoms with Crippen molar-refractivity contribution in [1.29, 1.82) is 0 Å². The number of amides is 1. The van der Waals surface area contributed by atoms with Crippen LogP contribution in [-0.4, -0.2) is 30.0 Å². The maximum atomic E-state index is 13.7. The normalized spacial score (nSPS) is 13.6. The summed E-state index contributed by atoms with van der Waals surface area (Å²) in [7, 11) is -3.91. The fourth-order valence-corrected chi connectivity index (χ4v) is 6.04. The number of hydrogen-bond acceptors (Lipinski definition) is 6. The van der Waals surface area contributed by atoms with E-state index in [9.17, 15) is 17.6 Å². The quantitative estimate of drug-likeness (QED) is 0.283. The van der Waals surface area contributed by atoms with Crippen LogP contribution < -0.4 is 9.62 Å². The van der Waals surface area contributed by atoms with Gasteiger partial charge >= 0.3 is 0 Å². The first kappa shape index (κ1) is 24.0. The minimum absolute atomic E-state index is 0.0149. The fourth-order valence-electron chi connectivity index (χ4n) is 3.86. The van der Waals surface area contributed by atoms with E-state index >= 15 is 0 Å². The van der Waals surface area contributed by atoms with Crippen LogP contribution in [0, 0.1) is 12.7 Å². The molecule has 0 radical (unpaired) electrons. The van der Waals surface area contributed by atoms with E-state index < -0.39 is 15.8 Å². The number of aromatic nitrogens is 2. The van der Waals surface area contributed by atoms with E-state index in [1.165, 1.54) is 16.6 Å². The molecule has 1 aliphatic rings. The van der Waals surface area contributed by atoms with Crippen LogP contribution in [0.25, 0.3) is 11.3 Å².